The Hall–Kier alpha value is -1.68. The maximum atomic E-state index is 8.08. The van der Waals surface area contributed by atoms with Gasteiger partial charge in [0.2, 0.25) is 5.95 Å². The Kier molecular flexibility index (Phi) is 11.0. The summed E-state index contributed by atoms with van der Waals surface area (Å²) in [7, 11) is 4.63. The van der Waals surface area contributed by atoms with Crippen molar-refractivity contribution < 1.29 is 4.74 Å². The van der Waals surface area contributed by atoms with Crippen molar-refractivity contribution in [1.29, 1.82) is 0 Å². The molecule has 0 spiro atoms. The number of piperidine rings is 2. The van der Waals surface area contributed by atoms with Crippen LogP contribution in [-0.4, -0.2) is 105 Å². The number of morpholine rings is 1. The van der Waals surface area contributed by atoms with Crippen LogP contribution in [-0.2, 0) is 4.74 Å². The lowest BCUT2D eigenvalue weighted by molar-refractivity contribution is -0.225. The number of aromatic nitrogens is 3. The van der Waals surface area contributed by atoms with Gasteiger partial charge in [0.05, 0.1) is 30.7 Å². The number of aliphatic imine (C=N–C) groups is 1. The fourth-order valence-electron chi connectivity index (χ4n) is 12.1. The Labute approximate surface area is 294 Å². The van der Waals surface area contributed by atoms with Gasteiger partial charge in [-0.25, -0.2) is 9.97 Å². The zero-order chi connectivity index (χ0) is 36.1. The van der Waals surface area contributed by atoms with Gasteiger partial charge in [-0.1, -0.05) is 41.5 Å². The Bertz CT molecular complexity index is 1290. The van der Waals surface area contributed by atoms with E-state index in [1.165, 1.54) is 5.71 Å². The summed E-state index contributed by atoms with van der Waals surface area (Å²) in [5.74, 6) is 1.55. The molecule has 48 heavy (non-hydrogen) atoms. The van der Waals surface area contributed by atoms with Crippen molar-refractivity contribution in [3.05, 3.63) is 12.2 Å². The number of rotatable bonds is 10. The maximum Gasteiger partial charge on any atom is 0.228 e. The molecule has 4 rings (SSSR count). The highest BCUT2D eigenvalue weighted by atomic mass is 16.5. The van der Waals surface area contributed by atoms with Gasteiger partial charge in [0, 0.05) is 51.8 Å². The van der Waals surface area contributed by atoms with Crippen LogP contribution in [0, 0.1) is 10.8 Å². The predicted octanol–water partition coefficient (Wildman–Crippen LogP) is 7.11. The molecule has 0 amide bonds. The minimum Gasteiger partial charge on any atom is -0.378 e. The molecule has 0 radical (unpaired) electrons. The van der Waals surface area contributed by atoms with E-state index in [0.717, 1.165) is 69.8 Å². The summed E-state index contributed by atoms with van der Waals surface area (Å²) in [6.07, 6.45) is 8.50. The number of nitrogens with zero attached hydrogens (tertiary/aromatic N) is 7. The monoisotopic (exact) mass is 669 g/mol. The molecule has 1 aromatic heterocycles. The Morgan fingerprint density at radius 2 is 1.40 bits per heavy atom. The topological polar surface area (TPSA) is 96.0 Å². The third kappa shape index (κ3) is 5.21. The molecule has 0 aromatic carbocycles. The van der Waals surface area contributed by atoms with Gasteiger partial charge in [-0.3, -0.25) is 14.8 Å². The predicted molar refractivity (Wildman–Crippen MR) is 201 cm³/mol. The summed E-state index contributed by atoms with van der Waals surface area (Å²) in [6.45, 7) is 34.0. The summed E-state index contributed by atoms with van der Waals surface area (Å²) >= 11 is 0. The van der Waals surface area contributed by atoms with Crippen LogP contribution in [0.3, 0.4) is 0 Å². The number of likely N-dealkylation sites (tertiary alicyclic amines) is 2. The lowest BCUT2D eigenvalue weighted by Gasteiger charge is -2.77. The van der Waals surface area contributed by atoms with E-state index in [4.69, 9.17) is 25.4 Å². The quantitative estimate of drug-likeness (QED) is 0.264. The van der Waals surface area contributed by atoms with Gasteiger partial charge in [-0.2, -0.15) is 4.98 Å². The van der Waals surface area contributed by atoms with Gasteiger partial charge in [0.25, 0.3) is 0 Å². The largest absolute Gasteiger partial charge is 0.378 e. The van der Waals surface area contributed by atoms with Crippen LogP contribution in [0.4, 0.5) is 5.95 Å². The minimum atomic E-state index is -0.389. The lowest BCUT2D eigenvalue weighted by Crippen LogP contribution is -2.87. The van der Waals surface area contributed by atoms with E-state index >= 15 is 0 Å². The van der Waals surface area contributed by atoms with Gasteiger partial charge in [-0.15, -0.1) is 0 Å². The molecule has 9 nitrogen and oxygen atoms in total. The molecule has 9 heteroatoms. The van der Waals surface area contributed by atoms with E-state index < -0.39 is 0 Å². The second kappa shape index (κ2) is 13.5. The maximum absolute atomic E-state index is 8.08. The average Bonchev–Trinajstić information content (AvgIpc) is 3.06. The number of nitrogens with two attached hydrogens (primary N) is 1. The number of hydrogen-bond acceptors (Lipinski definition) is 9. The number of hydrogen-bond donors (Lipinski definition) is 1. The van der Waals surface area contributed by atoms with Crippen molar-refractivity contribution in [1.82, 2.24) is 24.8 Å². The fraction of sp³-hybridized carbons (Fsp3) is 0.897. The van der Waals surface area contributed by atoms with Crippen molar-refractivity contribution in [3.8, 4) is 0 Å². The molecule has 0 aliphatic carbocycles. The van der Waals surface area contributed by atoms with Crippen LogP contribution in [0.15, 0.2) is 11.3 Å². The van der Waals surface area contributed by atoms with Crippen molar-refractivity contribution in [3.63, 3.8) is 0 Å². The van der Waals surface area contributed by atoms with Crippen LogP contribution >= 0.6 is 0 Å². The van der Waals surface area contributed by atoms with Crippen molar-refractivity contribution in [2.24, 2.45) is 21.6 Å². The van der Waals surface area contributed by atoms with Gasteiger partial charge in [-0.05, 0) is 108 Å². The molecule has 1 aromatic rings. The fourth-order valence-corrected chi connectivity index (χ4v) is 12.1. The van der Waals surface area contributed by atoms with Crippen molar-refractivity contribution in [2.75, 3.05) is 45.3 Å². The van der Waals surface area contributed by atoms with E-state index in [2.05, 4.69) is 124 Å². The van der Waals surface area contributed by atoms with Crippen LogP contribution in [0.5, 0.6) is 0 Å². The van der Waals surface area contributed by atoms with Crippen LogP contribution < -0.4 is 10.6 Å². The Morgan fingerprint density at radius 1 is 0.833 bits per heavy atom. The summed E-state index contributed by atoms with van der Waals surface area (Å²) in [5, 5.41) is 0. The molecule has 4 heterocycles. The molecule has 3 fully saturated rings. The molecule has 3 saturated heterocycles. The standard InChI is InChI=1S/C39H72N8O/c1-16-29(36(13)38(19-4,20-5)39(40,21-6)37(17-2,18-3)35(11,12)46(36)15)43-28-26-33(7,8)45(14)34(9,10)30(28)31-41-27-42-32(44-31)47-22-24-48-25-23-47/h27-28,30H,16-26,40H2,1-15H3. The molecule has 4 unspecified atom stereocenters. The molecular weight excluding hydrogens is 596 g/mol. The molecule has 3 aliphatic heterocycles. The first-order valence-corrected chi connectivity index (χ1v) is 19.2. The molecule has 2 N–H and O–H groups in total. The van der Waals surface area contributed by atoms with Gasteiger partial charge in [0.15, 0.2) is 0 Å². The summed E-state index contributed by atoms with van der Waals surface area (Å²) < 4.78 is 5.64. The van der Waals surface area contributed by atoms with E-state index in [1.807, 2.05) is 0 Å². The highest BCUT2D eigenvalue weighted by Crippen LogP contribution is 2.68. The first kappa shape index (κ1) is 39.1. The molecule has 3 aliphatic rings. The Balaban J connectivity index is 2.00. The zero-order valence-corrected chi connectivity index (χ0v) is 33.6. The molecule has 0 saturated carbocycles. The normalized spacial score (nSPS) is 33.5. The highest BCUT2D eigenvalue weighted by molar-refractivity contribution is 5.95. The van der Waals surface area contributed by atoms with E-state index in [0.29, 0.717) is 13.2 Å². The minimum absolute atomic E-state index is 0.0151. The van der Waals surface area contributed by atoms with Crippen LogP contribution in [0.25, 0.3) is 0 Å². The molecule has 274 valence electrons. The number of likely N-dealkylation sites (N-methyl/N-ethyl adjacent to an activating group) is 1. The smallest absolute Gasteiger partial charge is 0.228 e. The summed E-state index contributed by atoms with van der Waals surface area (Å²) in [6, 6.07) is -0.0151. The SMILES string of the molecule is CCC(=NC1CC(C)(C)N(C)C(C)(C)C1c1ncnc(N2CCOCC2)n1)C1(C)N(C)C(C)(C)C(CC)(CC)C(N)(CC)C1(CC)CC. The third-order valence-corrected chi connectivity index (χ3v) is 15.3. The summed E-state index contributed by atoms with van der Waals surface area (Å²) in [5.41, 5.74) is 7.84. The van der Waals surface area contributed by atoms with Gasteiger partial charge in [0.1, 0.15) is 12.2 Å². The third-order valence-electron chi connectivity index (χ3n) is 15.3. The van der Waals surface area contributed by atoms with E-state index in [1.54, 1.807) is 6.33 Å². The van der Waals surface area contributed by atoms with Crippen molar-refractivity contribution >= 4 is 11.7 Å². The van der Waals surface area contributed by atoms with Crippen LogP contribution in [0.2, 0.25) is 0 Å². The van der Waals surface area contributed by atoms with Gasteiger partial charge < -0.3 is 15.4 Å². The van der Waals surface area contributed by atoms with Crippen molar-refractivity contribution in [2.45, 2.75) is 175 Å². The molecule has 0 bridgehead atoms. The van der Waals surface area contributed by atoms with Gasteiger partial charge >= 0.3 is 0 Å². The molecule has 4 atom stereocenters. The number of ether oxygens (including phenoxy) is 1. The van der Waals surface area contributed by atoms with Crippen LogP contribution in [0.1, 0.15) is 147 Å². The second-order valence-corrected chi connectivity index (χ2v) is 17.0. The van der Waals surface area contributed by atoms with E-state index in [-0.39, 0.29) is 50.5 Å². The van der Waals surface area contributed by atoms with E-state index in [9.17, 15) is 0 Å². The first-order valence-electron chi connectivity index (χ1n) is 19.2. The lowest BCUT2D eigenvalue weighted by atomic mass is 9.38. The average molecular weight is 669 g/mol. The summed E-state index contributed by atoms with van der Waals surface area (Å²) in [4.78, 5) is 28.3. The zero-order valence-electron chi connectivity index (χ0n) is 33.6. The number of anilines is 1. The molecular formula is C39H72N8O. The second-order valence-electron chi connectivity index (χ2n) is 17.0. The Morgan fingerprint density at radius 3 is 1.90 bits per heavy atom. The first-order chi connectivity index (χ1) is 22.3. The highest BCUT2D eigenvalue weighted by Gasteiger charge is 2.75.